The molecule has 8 nitrogen and oxygen atoms in total. The number of carboxylic acid groups (broad SMARTS) is 1. The Morgan fingerprint density at radius 1 is 1.42 bits per heavy atom. The van der Waals surface area contributed by atoms with E-state index in [4.69, 9.17) is 5.11 Å². The topological polar surface area (TPSA) is 121 Å². The number of rotatable bonds is 5. The van der Waals surface area contributed by atoms with Gasteiger partial charge in [0.05, 0.1) is 12.3 Å². The Kier molecular flexibility index (Phi) is 4.31. The van der Waals surface area contributed by atoms with E-state index in [1.165, 1.54) is 13.8 Å². The van der Waals surface area contributed by atoms with Crippen molar-refractivity contribution >= 4 is 27.8 Å². The van der Waals surface area contributed by atoms with Gasteiger partial charge in [0.15, 0.2) is 0 Å². The highest BCUT2D eigenvalue weighted by atomic mass is 32.2. The van der Waals surface area contributed by atoms with Crippen molar-refractivity contribution in [1.29, 1.82) is 0 Å². The summed E-state index contributed by atoms with van der Waals surface area (Å²) >= 11 is 0. The van der Waals surface area contributed by atoms with Crippen LogP contribution in [0.4, 0.5) is 0 Å². The van der Waals surface area contributed by atoms with Gasteiger partial charge in [-0.1, -0.05) is 0 Å². The largest absolute Gasteiger partial charge is 0.481 e. The first-order chi connectivity index (χ1) is 8.57. The smallest absolute Gasteiger partial charge is 0.303 e. The lowest BCUT2D eigenvalue weighted by Crippen LogP contribution is -2.65. The monoisotopic (exact) mass is 292 g/mol. The van der Waals surface area contributed by atoms with Gasteiger partial charge >= 0.3 is 5.97 Å². The number of amides is 2. The van der Waals surface area contributed by atoms with Crippen LogP contribution in [-0.4, -0.2) is 53.4 Å². The number of hydrogen-bond donors (Lipinski definition) is 2. The van der Waals surface area contributed by atoms with Crippen LogP contribution in [-0.2, 0) is 24.4 Å². The lowest BCUT2D eigenvalue weighted by molar-refractivity contribution is -0.141. The molecular weight excluding hydrogens is 276 g/mol. The highest BCUT2D eigenvalue weighted by Crippen LogP contribution is 2.22. The van der Waals surface area contributed by atoms with E-state index in [1.807, 2.05) is 0 Å². The van der Waals surface area contributed by atoms with Gasteiger partial charge in [0.25, 0.3) is 0 Å². The third-order valence-corrected chi connectivity index (χ3v) is 4.91. The molecule has 0 aromatic carbocycles. The second-order valence-electron chi connectivity index (χ2n) is 4.76. The molecule has 1 aliphatic heterocycles. The number of carbonyl (C=O) groups excluding carboxylic acids is 2. The van der Waals surface area contributed by atoms with Gasteiger partial charge < -0.3 is 5.11 Å². The van der Waals surface area contributed by atoms with Crippen molar-refractivity contribution in [3.8, 4) is 0 Å². The maximum absolute atomic E-state index is 12.1. The number of aliphatic carboxylic acids is 1. The third-order valence-electron chi connectivity index (χ3n) is 2.85. The second-order valence-corrected chi connectivity index (χ2v) is 6.77. The van der Waals surface area contributed by atoms with E-state index in [1.54, 1.807) is 0 Å². The van der Waals surface area contributed by atoms with E-state index < -0.39 is 45.6 Å². The minimum Gasteiger partial charge on any atom is -0.481 e. The predicted octanol–water partition coefficient (Wildman–Crippen LogP) is -1.08. The van der Waals surface area contributed by atoms with Crippen LogP contribution in [0.5, 0.6) is 0 Å². The van der Waals surface area contributed by atoms with Crippen LogP contribution in [0.15, 0.2) is 0 Å². The molecule has 0 bridgehead atoms. The summed E-state index contributed by atoms with van der Waals surface area (Å²) in [7, 11) is -3.86. The van der Waals surface area contributed by atoms with Crippen molar-refractivity contribution in [2.24, 2.45) is 0 Å². The summed E-state index contributed by atoms with van der Waals surface area (Å²) in [6, 6.07) is 0. The predicted molar refractivity (Wildman–Crippen MR) is 64.6 cm³/mol. The molecule has 1 fully saturated rings. The molecule has 0 radical (unpaired) electrons. The van der Waals surface area contributed by atoms with E-state index >= 15 is 0 Å². The van der Waals surface area contributed by atoms with Gasteiger partial charge in [-0.15, -0.1) is 0 Å². The molecule has 1 aliphatic rings. The lowest BCUT2D eigenvalue weighted by Gasteiger charge is -2.38. The molecule has 19 heavy (non-hydrogen) atoms. The summed E-state index contributed by atoms with van der Waals surface area (Å²) in [5.74, 6) is -2.89. The SMILES string of the molecule is CC1(C)C(=O)NC(=O)CN1S(=O)(=O)CCCC(=O)O. The average Bonchev–Trinajstić information content (AvgIpc) is 2.22. The van der Waals surface area contributed by atoms with Crippen LogP contribution in [0.1, 0.15) is 26.7 Å². The van der Waals surface area contributed by atoms with Crippen LogP contribution in [0, 0.1) is 0 Å². The molecule has 0 atom stereocenters. The molecule has 9 heteroatoms. The summed E-state index contributed by atoms with van der Waals surface area (Å²) in [4.78, 5) is 33.3. The van der Waals surface area contributed by atoms with E-state index in [0.29, 0.717) is 0 Å². The standard InChI is InChI=1S/C10H16N2O6S/c1-10(2)9(16)11-7(13)6-12(10)19(17,18)5-3-4-8(14)15/h3-6H2,1-2H3,(H,14,15)(H,11,13,16). The second kappa shape index (κ2) is 5.25. The first-order valence-corrected chi connectivity index (χ1v) is 7.25. The molecule has 0 unspecified atom stereocenters. The zero-order valence-corrected chi connectivity index (χ0v) is 11.5. The summed E-state index contributed by atoms with van der Waals surface area (Å²) in [6.07, 6.45) is -0.353. The van der Waals surface area contributed by atoms with Gasteiger partial charge in [-0.05, 0) is 20.3 Å². The molecule has 2 N–H and O–H groups in total. The third kappa shape index (κ3) is 3.51. The fourth-order valence-corrected chi connectivity index (χ4v) is 3.54. The van der Waals surface area contributed by atoms with Crippen LogP contribution >= 0.6 is 0 Å². The van der Waals surface area contributed by atoms with Crippen molar-refractivity contribution in [3.05, 3.63) is 0 Å². The Balaban J connectivity index is 2.88. The van der Waals surface area contributed by atoms with Crippen LogP contribution in [0.2, 0.25) is 0 Å². The highest BCUT2D eigenvalue weighted by Gasteiger charge is 2.46. The van der Waals surface area contributed by atoms with E-state index in [9.17, 15) is 22.8 Å². The van der Waals surface area contributed by atoms with E-state index in [-0.39, 0.29) is 12.8 Å². The number of imide groups is 1. The maximum atomic E-state index is 12.1. The Morgan fingerprint density at radius 2 is 2.00 bits per heavy atom. The number of piperazine rings is 1. The van der Waals surface area contributed by atoms with Crippen molar-refractivity contribution < 1.29 is 27.9 Å². The molecule has 108 valence electrons. The van der Waals surface area contributed by atoms with Gasteiger partial charge in [-0.3, -0.25) is 19.7 Å². The lowest BCUT2D eigenvalue weighted by atomic mass is 10.0. The minimum atomic E-state index is -3.86. The fraction of sp³-hybridized carbons (Fsp3) is 0.700. The number of nitrogens with zero attached hydrogens (tertiary/aromatic N) is 1. The number of hydrogen-bond acceptors (Lipinski definition) is 5. The molecule has 1 heterocycles. The molecule has 1 saturated heterocycles. The van der Waals surface area contributed by atoms with Gasteiger partial charge in [-0.25, -0.2) is 8.42 Å². The van der Waals surface area contributed by atoms with Gasteiger partial charge in [0, 0.05) is 6.42 Å². The van der Waals surface area contributed by atoms with E-state index in [0.717, 1.165) is 4.31 Å². The zero-order chi connectivity index (χ0) is 14.8. The normalized spacial score (nSPS) is 20.1. The molecule has 0 aromatic rings. The van der Waals surface area contributed by atoms with E-state index in [2.05, 4.69) is 5.32 Å². The van der Waals surface area contributed by atoms with Crippen molar-refractivity contribution in [2.45, 2.75) is 32.2 Å². The summed E-state index contributed by atoms with van der Waals surface area (Å²) in [6.45, 7) is 2.35. The Bertz CT molecular complexity index is 510. The molecule has 1 rings (SSSR count). The Hall–Kier alpha value is -1.48. The van der Waals surface area contributed by atoms with Crippen LogP contribution in [0.3, 0.4) is 0 Å². The quantitative estimate of drug-likeness (QED) is 0.622. The molecule has 0 spiro atoms. The van der Waals surface area contributed by atoms with Crippen molar-refractivity contribution in [3.63, 3.8) is 0 Å². The molecule has 0 saturated carbocycles. The number of carbonyl (C=O) groups is 3. The minimum absolute atomic E-state index is 0.0694. The summed E-state index contributed by atoms with van der Waals surface area (Å²) < 4.78 is 25.0. The summed E-state index contributed by atoms with van der Waals surface area (Å²) in [5, 5.41) is 10.5. The Morgan fingerprint density at radius 3 is 2.53 bits per heavy atom. The molecule has 2 amide bonds. The van der Waals surface area contributed by atoms with Crippen LogP contribution < -0.4 is 5.32 Å². The van der Waals surface area contributed by atoms with Gasteiger partial charge in [0.2, 0.25) is 21.8 Å². The zero-order valence-electron chi connectivity index (χ0n) is 10.7. The average molecular weight is 292 g/mol. The number of carboxylic acids is 1. The number of sulfonamides is 1. The number of nitrogens with one attached hydrogen (secondary N) is 1. The molecular formula is C10H16N2O6S. The van der Waals surface area contributed by atoms with Gasteiger partial charge in [-0.2, -0.15) is 4.31 Å². The van der Waals surface area contributed by atoms with Crippen molar-refractivity contribution in [2.75, 3.05) is 12.3 Å². The summed E-state index contributed by atoms with van der Waals surface area (Å²) in [5.41, 5.74) is -1.37. The van der Waals surface area contributed by atoms with Gasteiger partial charge in [0.1, 0.15) is 5.54 Å². The first kappa shape index (κ1) is 15.6. The fourth-order valence-electron chi connectivity index (χ4n) is 1.72. The Labute approximate surface area is 110 Å². The first-order valence-electron chi connectivity index (χ1n) is 5.64. The molecule has 0 aliphatic carbocycles. The van der Waals surface area contributed by atoms with Crippen molar-refractivity contribution in [1.82, 2.24) is 9.62 Å². The maximum Gasteiger partial charge on any atom is 0.303 e. The molecule has 0 aromatic heterocycles. The van der Waals surface area contributed by atoms with Crippen LogP contribution in [0.25, 0.3) is 0 Å². The highest BCUT2D eigenvalue weighted by molar-refractivity contribution is 7.89.